The summed E-state index contributed by atoms with van der Waals surface area (Å²) in [4.78, 5) is 14.4. The van der Waals surface area contributed by atoms with Gasteiger partial charge in [0, 0.05) is 30.9 Å². The molecule has 0 aliphatic carbocycles. The topological polar surface area (TPSA) is 95.9 Å². The minimum absolute atomic E-state index is 0.0855. The van der Waals surface area contributed by atoms with E-state index in [1.165, 1.54) is 6.07 Å². The molecule has 0 spiro atoms. The highest BCUT2D eigenvalue weighted by atomic mass is 16.6. The fourth-order valence-electron chi connectivity index (χ4n) is 2.69. The molecule has 0 radical (unpaired) electrons. The van der Waals surface area contributed by atoms with E-state index in [2.05, 4.69) is 9.80 Å². The molecule has 1 saturated heterocycles. The van der Waals surface area contributed by atoms with Crippen molar-refractivity contribution < 1.29 is 10.0 Å². The Hall–Kier alpha value is -1.86. The maximum Gasteiger partial charge on any atom is 0.292 e. The molecule has 0 aromatic heterocycles. The number of hydrogen-bond donors (Lipinski definition) is 2. The van der Waals surface area contributed by atoms with Gasteiger partial charge >= 0.3 is 0 Å². The van der Waals surface area contributed by atoms with E-state index in [9.17, 15) is 15.2 Å². The normalized spacial score (nSPS) is 22.5. The molecule has 2 atom stereocenters. The monoisotopic (exact) mass is 280 g/mol. The highest BCUT2D eigenvalue weighted by molar-refractivity contribution is 5.67. The smallest absolute Gasteiger partial charge is 0.292 e. The van der Waals surface area contributed by atoms with Gasteiger partial charge in [-0.25, -0.2) is 0 Å². The zero-order valence-electron chi connectivity index (χ0n) is 11.7. The van der Waals surface area contributed by atoms with Crippen LogP contribution in [0, 0.1) is 10.1 Å². The molecule has 7 nitrogen and oxygen atoms in total. The molecule has 1 aliphatic rings. The summed E-state index contributed by atoms with van der Waals surface area (Å²) in [7, 11) is 3.96. The Morgan fingerprint density at radius 2 is 2.25 bits per heavy atom. The van der Waals surface area contributed by atoms with Crippen molar-refractivity contribution in [3.63, 3.8) is 0 Å². The van der Waals surface area contributed by atoms with Gasteiger partial charge in [-0.15, -0.1) is 0 Å². The number of benzene rings is 1. The Bertz CT molecular complexity index is 506. The lowest BCUT2D eigenvalue weighted by Gasteiger charge is -2.28. The Balaban J connectivity index is 2.25. The maximum atomic E-state index is 10.8. The molecule has 0 amide bonds. The van der Waals surface area contributed by atoms with Gasteiger partial charge in [-0.1, -0.05) is 0 Å². The number of hydrogen-bond acceptors (Lipinski definition) is 6. The molecule has 0 saturated carbocycles. The second kappa shape index (κ2) is 5.64. The number of nitrogens with two attached hydrogens (primary N) is 1. The molecule has 1 aromatic rings. The number of β-amino-alcohol motifs (C(OH)–C–C–N with tert-alkyl or cyclic N) is 1. The second-order valence-corrected chi connectivity index (χ2v) is 5.46. The summed E-state index contributed by atoms with van der Waals surface area (Å²) >= 11 is 0. The predicted octanol–water partition coefficient (Wildman–Crippen LogP) is 0.678. The number of nitrogens with zero attached hydrogens (tertiary/aromatic N) is 3. The van der Waals surface area contributed by atoms with Gasteiger partial charge in [0.15, 0.2) is 0 Å². The molecule has 1 heterocycles. The Morgan fingerprint density at radius 3 is 2.80 bits per heavy atom. The third kappa shape index (κ3) is 3.00. The molecule has 1 fully saturated rings. The SMILES string of the molecule is CN(C)CC1CC(O)CN1c1ccc([N+](=O)[O-])c(N)c1. The lowest BCUT2D eigenvalue weighted by Crippen LogP contribution is -2.37. The second-order valence-electron chi connectivity index (χ2n) is 5.46. The van der Waals surface area contributed by atoms with Crippen molar-refractivity contribution in [1.82, 2.24) is 4.90 Å². The van der Waals surface area contributed by atoms with Crippen LogP contribution in [0.2, 0.25) is 0 Å². The van der Waals surface area contributed by atoms with Crippen molar-refractivity contribution >= 4 is 17.1 Å². The number of aliphatic hydroxyl groups excluding tert-OH is 1. The van der Waals surface area contributed by atoms with Crippen LogP contribution in [0.5, 0.6) is 0 Å². The number of aliphatic hydroxyl groups is 1. The van der Waals surface area contributed by atoms with Crippen molar-refractivity contribution in [2.45, 2.75) is 18.6 Å². The maximum absolute atomic E-state index is 10.8. The van der Waals surface area contributed by atoms with Crippen LogP contribution in [0.1, 0.15) is 6.42 Å². The zero-order valence-corrected chi connectivity index (χ0v) is 11.7. The fourth-order valence-corrected chi connectivity index (χ4v) is 2.69. The number of anilines is 2. The van der Waals surface area contributed by atoms with Crippen LogP contribution >= 0.6 is 0 Å². The standard InChI is InChI=1S/C13H20N4O3/c1-15(2)7-10-5-11(18)8-16(10)9-3-4-13(17(19)20)12(14)6-9/h3-4,6,10-11,18H,5,7-8,14H2,1-2H3. The van der Waals surface area contributed by atoms with Gasteiger partial charge in [-0.3, -0.25) is 10.1 Å². The van der Waals surface area contributed by atoms with Crippen LogP contribution in [0.25, 0.3) is 0 Å². The van der Waals surface area contributed by atoms with Crippen LogP contribution in [0.3, 0.4) is 0 Å². The minimum Gasteiger partial charge on any atom is -0.393 e. The number of nitrogen functional groups attached to an aromatic ring is 1. The van der Waals surface area contributed by atoms with Crippen LogP contribution in [0.15, 0.2) is 18.2 Å². The summed E-state index contributed by atoms with van der Waals surface area (Å²) in [5.41, 5.74) is 6.61. The first-order valence-corrected chi connectivity index (χ1v) is 6.52. The summed E-state index contributed by atoms with van der Waals surface area (Å²) in [6, 6.07) is 4.90. The van der Waals surface area contributed by atoms with Crippen molar-refractivity contribution in [1.29, 1.82) is 0 Å². The van der Waals surface area contributed by atoms with E-state index in [0.717, 1.165) is 12.2 Å². The van der Waals surface area contributed by atoms with Gasteiger partial charge in [0.25, 0.3) is 5.69 Å². The zero-order chi connectivity index (χ0) is 14.9. The Morgan fingerprint density at radius 1 is 1.55 bits per heavy atom. The van der Waals surface area contributed by atoms with Gasteiger partial charge < -0.3 is 20.6 Å². The first kappa shape index (κ1) is 14.5. The van der Waals surface area contributed by atoms with Gasteiger partial charge in [0.2, 0.25) is 0 Å². The lowest BCUT2D eigenvalue weighted by atomic mass is 10.1. The number of nitro groups is 1. The molecule has 2 unspecified atom stereocenters. The van der Waals surface area contributed by atoms with Crippen LogP contribution in [-0.2, 0) is 0 Å². The predicted molar refractivity (Wildman–Crippen MR) is 77.8 cm³/mol. The number of likely N-dealkylation sites (N-methyl/N-ethyl adjacent to an activating group) is 1. The van der Waals surface area contributed by atoms with Gasteiger partial charge in [0.05, 0.1) is 11.0 Å². The van der Waals surface area contributed by atoms with E-state index in [1.807, 2.05) is 14.1 Å². The quantitative estimate of drug-likeness (QED) is 0.478. The molecule has 3 N–H and O–H groups in total. The average Bonchev–Trinajstić information content (AvgIpc) is 2.68. The van der Waals surface area contributed by atoms with Gasteiger partial charge in [0.1, 0.15) is 5.69 Å². The molecule has 0 bridgehead atoms. The van der Waals surface area contributed by atoms with E-state index in [0.29, 0.717) is 13.0 Å². The summed E-state index contributed by atoms with van der Waals surface area (Å²) in [5.74, 6) is 0. The first-order chi connectivity index (χ1) is 9.38. The van der Waals surface area contributed by atoms with E-state index in [-0.39, 0.29) is 23.5 Å². The van der Waals surface area contributed by atoms with E-state index < -0.39 is 4.92 Å². The third-order valence-electron chi connectivity index (χ3n) is 3.51. The summed E-state index contributed by atoms with van der Waals surface area (Å²) in [5, 5.41) is 20.6. The number of rotatable bonds is 4. The molecular formula is C13H20N4O3. The molecule has 20 heavy (non-hydrogen) atoms. The first-order valence-electron chi connectivity index (χ1n) is 6.52. The van der Waals surface area contributed by atoms with E-state index >= 15 is 0 Å². The highest BCUT2D eigenvalue weighted by Gasteiger charge is 2.31. The van der Waals surface area contributed by atoms with Crippen molar-refractivity contribution in [3.05, 3.63) is 28.3 Å². The van der Waals surface area contributed by atoms with Gasteiger partial charge in [-0.2, -0.15) is 0 Å². The lowest BCUT2D eigenvalue weighted by molar-refractivity contribution is -0.383. The number of nitro benzene ring substituents is 1. The van der Waals surface area contributed by atoms with Crippen molar-refractivity contribution in [2.75, 3.05) is 37.8 Å². The molecule has 2 rings (SSSR count). The summed E-state index contributed by atoms with van der Waals surface area (Å²) < 4.78 is 0. The van der Waals surface area contributed by atoms with Gasteiger partial charge in [-0.05, 0) is 32.6 Å². The Labute approximate surface area is 117 Å². The van der Waals surface area contributed by atoms with Crippen LogP contribution in [0.4, 0.5) is 17.1 Å². The molecule has 7 heteroatoms. The summed E-state index contributed by atoms with van der Waals surface area (Å²) in [6.45, 7) is 1.34. The fraction of sp³-hybridized carbons (Fsp3) is 0.538. The highest BCUT2D eigenvalue weighted by Crippen LogP contribution is 2.31. The van der Waals surface area contributed by atoms with Crippen molar-refractivity contribution in [3.8, 4) is 0 Å². The third-order valence-corrected chi connectivity index (χ3v) is 3.51. The Kier molecular flexibility index (Phi) is 4.10. The minimum atomic E-state index is -0.491. The van der Waals surface area contributed by atoms with Crippen LogP contribution in [-0.4, -0.2) is 54.3 Å². The van der Waals surface area contributed by atoms with E-state index in [4.69, 9.17) is 5.73 Å². The molecule has 1 aliphatic heterocycles. The van der Waals surface area contributed by atoms with Crippen LogP contribution < -0.4 is 10.6 Å². The van der Waals surface area contributed by atoms with E-state index in [1.54, 1.807) is 12.1 Å². The molecule has 1 aromatic carbocycles. The average molecular weight is 280 g/mol. The largest absolute Gasteiger partial charge is 0.393 e. The van der Waals surface area contributed by atoms with Crippen molar-refractivity contribution in [2.24, 2.45) is 0 Å². The summed E-state index contributed by atoms with van der Waals surface area (Å²) in [6.07, 6.45) is 0.311. The molecular weight excluding hydrogens is 260 g/mol. The molecule has 110 valence electrons.